The minimum Gasteiger partial charge on any atom is -0.404 e. The summed E-state index contributed by atoms with van der Waals surface area (Å²) in [7, 11) is -4.92. The van der Waals surface area contributed by atoms with Crippen LogP contribution in [0.1, 0.15) is 22.3 Å². The maximum Gasteiger partial charge on any atom is 0.524 e. The molecule has 1 aliphatic rings. The predicted molar refractivity (Wildman–Crippen MR) is 217 cm³/mol. The van der Waals surface area contributed by atoms with Crippen LogP contribution in [-0.4, -0.2) is 119 Å². The number of aromatic amines is 1. The van der Waals surface area contributed by atoms with Crippen molar-refractivity contribution < 1.29 is 63.2 Å². The van der Waals surface area contributed by atoms with Gasteiger partial charge < -0.3 is 51.0 Å². The first-order valence-electron chi connectivity index (χ1n) is 19.1. The molecule has 1 aromatic heterocycles. The van der Waals surface area contributed by atoms with E-state index < -0.39 is 105 Å². The van der Waals surface area contributed by atoms with Gasteiger partial charge in [-0.05, 0) is 35.7 Å². The fraction of sp³-hybridized carbons (Fsp3) is 0.350. The summed E-state index contributed by atoms with van der Waals surface area (Å²) in [5.41, 5.74) is 0.189. The normalized spacial score (nSPS) is 20.2. The Morgan fingerprint density at radius 2 is 1.26 bits per heavy atom. The Hall–Kier alpha value is -6.03. The van der Waals surface area contributed by atoms with Crippen LogP contribution in [-0.2, 0) is 54.3 Å². The van der Waals surface area contributed by atoms with E-state index in [1.807, 2.05) is 0 Å². The minimum absolute atomic E-state index is 0.0680. The molecule has 0 saturated carbocycles. The quantitative estimate of drug-likeness (QED) is 0.0457. The van der Waals surface area contributed by atoms with E-state index in [0.717, 1.165) is 4.57 Å². The summed E-state index contributed by atoms with van der Waals surface area (Å²) in [6, 6.07) is 16.2. The maximum absolute atomic E-state index is 14.3. The van der Waals surface area contributed by atoms with Gasteiger partial charge in [-0.25, -0.2) is 9.36 Å². The average molecular weight is 883 g/mol. The second kappa shape index (κ2) is 21.2. The lowest BCUT2D eigenvalue weighted by Crippen LogP contribution is -2.66. The van der Waals surface area contributed by atoms with Gasteiger partial charge in [0.25, 0.3) is 5.56 Å². The highest BCUT2D eigenvalue weighted by Gasteiger charge is 2.45. The number of hydrogen-bond donors (Lipinski definition) is 11. The number of carbonyl (C=O) groups is 4. The van der Waals surface area contributed by atoms with Crippen LogP contribution in [0.25, 0.3) is 0 Å². The van der Waals surface area contributed by atoms with Crippen LogP contribution in [0.4, 0.5) is 0 Å². The van der Waals surface area contributed by atoms with Crippen LogP contribution < -0.4 is 37.0 Å². The summed E-state index contributed by atoms with van der Waals surface area (Å²) in [4.78, 5) is 101. The zero-order valence-electron chi connectivity index (χ0n) is 33.1. The van der Waals surface area contributed by atoms with Gasteiger partial charge in [0.15, 0.2) is 6.29 Å². The second-order valence-corrected chi connectivity index (χ2v) is 15.7. The third kappa shape index (κ3) is 13.2. The van der Waals surface area contributed by atoms with Crippen molar-refractivity contribution in [3.63, 3.8) is 0 Å². The Kier molecular flexibility index (Phi) is 16.1. The molecule has 8 atom stereocenters. The molecule has 3 aromatic carbocycles. The fourth-order valence-corrected chi connectivity index (χ4v) is 6.98. The molecule has 0 bridgehead atoms. The maximum atomic E-state index is 14.3. The lowest BCUT2D eigenvalue weighted by Gasteiger charge is -2.40. The Morgan fingerprint density at radius 1 is 0.758 bits per heavy atom. The number of phosphoric ester groups is 1. The van der Waals surface area contributed by atoms with Gasteiger partial charge in [-0.2, -0.15) is 0 Å². The largest absolute Gasteiger partial charge is 0.524 e. The predicted octanol–water partition coefficient (Wildman–Crippen LogP) is -2.58. The summed E-state index contributed by atoms with van der Waals surface area (Å²) in [5.74, 6) is -3.75. The van der Waals surface area contributed by atoms with Gasteiger partial charge >= 0.3 is 13.5 Å². The number of rotatable bonds is 18. The Morgan fingerprint density at radius 3 is 1.77 bits per heavy atom. The molecule has 0 spiro atoms. The molecule has 1 aliphatic heterocycles. The van der Waals surface area contributed by atoms with Gasteiger partial charge in [0.1, 0.15) is 54.8 Å². The Labute approximate surface area is 353 Å². The summed E-state index contributed by atoms with van der Waals surface area (Å²) in [6.45, 7) is 0.106. The number of benzene rings is 3. The molecule has 0 radical (unpaired) electrons. The van der Waals surface area contributed by atoms with Gasteiger partial charge in [-0.1, -0.05) is 72.8 Å². The Bertz CT molecular complexity index is 2340. The molecule has 1 fully saturated rings. The van der Waals surface area contributed by atoms with Crippen LogP contribution in [0.5, 0.6) is 5.75 Å². The van der Waals surface area contributed by atoms with E-state index in [4.69, 9.17) is 4.74 Å². The number of nitrogens with one attached hydrogen (secondary N) is 5. The molecule has 22 heteroatoms. The third-order valence-corrected chi connectivity index (χ3v) is 10.2. The van der Waals surface area contributed by atoms with Crippen LogP contribution in [0.2, 0.25) is 0 Å². The van der Waals surface area contributed by atoms with Crippen molar-refractivity contribution in [1.29, 1.82) is 0 Å². The summed E-state index contributed by atoms with van der Waals surface area (Å²) < 4.78 is 22.1. The van der Waals surface area contributed by atoms with E-state index in [-0.39, 0.29) is 30.6 Å². The number of ether oxygens (including phenoxy) is 1. The smallest absolute Gasteiger partial charge is 0.404 e. The van der Waals surface area contributed by atoms with Gasteiger partial charge in [-0.3, -0.25) is 43.3 Å². The van der Waals surface area contributed by atoms with Gasteiger partial charge in [0.2, 0.25) is 23.6 Å². The van der Waals surface area contributed by atoms with Crippen molar-refractivity contribution in [3.05, 3.63) is 134 Å². The first kappa shape index (κ1) is 47.0. The number of amides is 4. The molecule has 5 rings (SSSR count). The number of aryl methyl sites for hydroxylation is 1. The topological polar surface area (TPSA) is 328 Å². The fourth-order valence-electron chi connectivity index (χ4n) is 6.58. The van der Waals surface area contributed by atoms with Crippen LogP contribution in [0.3, 0.4) is 0 Å². The number of aromatic nitrogens is 2. The number of aliphatic hydroxyl groups is 4. The Balaban J connectivity index is 1.43. The highest BCUT2D eigenvalue weighted by atomic mass is 31.2. The van der Waals surface area contributed by atoms with Crippen molar-refractivity contribution in [2.75, 3.05) is 6.61 Å². The van der Waals surface area contributed by atoms with Gasteiger partial charge in [0.05, 0.1) is 6.61 Å². The highest BCUT2D eigenvalue weighted by molar-refractivity contribution is 7.46. The van der Waals surface area contributed by atoms with Gasteiger partial charge in [-0.15, -0.1) is 0 Å². The molecule has 11 N–H and O–H groups in total. The monoisotopic (exact) mass is 882 g/mol. The lowest BCUT2D eigenvalue weighted by molar-refractivity contribution is -0.254. The SMILES string of the molecule is Cc1cn(CC(=O)NC(Cc2ccccc2)C(=O)NC(Cc2ccccc2)C(=O)NC(Cc2ccc(OP(=O)(O)O)cc2)C(=O)NC2[C@@H](O)C(O)[C@@H](CO)O[C@H]2O)c(=O)[nH]c1=O. The first-order chi connectivity index (χ1) is 29.4. The van der Waals surface area contributed by atoms with Crippen molar-refractivity contribution in [1.82, 2.24) is 30.8 Å². The van der Waals surface area contributed by atoms with E-state index in [1.54, 1.807) is 60.7 Å². The molecule has 21 nitrogen and oxygen atoms in total. The third-order valence-electron chi connectivity index (χ3n) is 9.78. The summed E-state index contributed by atoms with van der Waals surface area (Å²) >= 11 is 0. The summed E-state index contributed by atoms with van der Waals surface area (Å²) in [5, 5.41) is 51.5. The molecule has 1 saturated heterocycles. The van der Waals surface area contributed by atoms with Gasteiger partial charge in [0, 0.05) is 31.0 Å². The highest BCUT2D eigenvalue weighted by Crippen LogP contribution is 2.37. The summed E-state index contributed by atoms with van der Waals surface area (Å²) in [6.07, 6.45) is -6.20. The van der Waals surface area contributed by atoms with Crippen molar-refractivity contribution in [2.24, 2.45) is 0 Å². The van der Waals surface area contributed by atoms with E-state index >= 15 is 0 Å². The zero-order valence-corrected chi connectivity index (χ0v) is 34.0. The molecule has 4 aromatic rings. The zero-order chi connectivity index (χ0) is 45.1. The van der Waals surface area contributed by atoms with Crippen LogP contribution >= 0.6 is 7.82 Å². The minimum atomic E-state index is -4.92. The van der Waals surface area contributed by atoms with E-state index in [9.17, 15) is 63.5 Å². The number of hydrogen-bond acceptors (Lipinski definition) is 13. The molecule has 5 unspecified atom stereocenters. The first-order valence-corrected chi connectivity index (χ1v) is 20.7. The number of aliphatic hydroxyl groups excluding tert-OH is 4. The molecular formula is C40H47N6O15P. The number of phosphoric acid groups is 1. The molecule has 62 heavy (non-hydrogen) atoms. The van der Waals surface area contributed by atoms with E-state index in [2.05, 4.69) is 30.8 Å². The standard InChI is InChI=1S/C40H47N6O15P/c1-22-19-46(40(56)45-35(22)51)20-31(48)41-27(16-23-8-4-2-5-9-23)36(52)42-28(17-24-10-6-3-7-11-24)37(53)43-29(18-25-12-14-26(15-13-25)61-62(57,58)59)38(54)44-32-34(50)33(49)30(21-47)60-39(32)55/h2-15,19,27-30,32-34,39,47,49-50,55H,16-18,20-21H2,1H3,(H,41,48)(H,42,52)(H,43,53)(H,44,54)(H,45,51,56)(H2,57,58,59)/t27?,28?,29?,30-,32?,33?,34-,39-/m1/s1. The molecule has 4 amide bonds. The molecule has 0 aliphatic carbocycles. The van der Waals surface area contributed by atoms with E-state index in [1.165, 1.54) is 37.4 Å². The number of nitrogens with zero attached hydrogens (tertiary/aromatic N) is 1. The lowest BCUT2D eigenvalue weighted by atomic mass is 9.96. The van der Waals surface area contributed by atoms with Crippen molar-refractivity contribution in [3.8, 4) is 5.75 Å². The van der Waals surface area contributed by atoms with E-state index in [0.29, 0.717) is 16.7 Å². The second-order valence-electron chi connectivity index (χ2n) is 14.5. The number of H-pyrrole nitrogens is 1. The van der Waals surface area contributed by atoms with Crippen molar-refractivity contribution >= 4 is 31.5 Å². The number of carbonyl (C=O) groups excluding carboxylic acids is 4. The molecular weight excluding hydrogens is 835 g/mol. The van der Waals surface area contributed by atoms with Crippen molar-refractivity contribution in [2.45, 2.75) is 81.5 Å². The van der Waals surface area contributed by atoms with Crippen LogP contribution in [0, 0.1) is 6.92 Å². The van der Waals surface area contributed by atoms with Crippen LogP contribution in [0.15, 0.2) is 101 Å². The average Bonchev–Trinajstić information content (AvgIpc) is 3.22. The molecule has 2 heterocycles. The molecule has 332 valence electrons.